The predicted molar refractivity (Wildman–Crippen MR) is 120 cm³/mol. The van der Waals surface area contributed by atoms with Crippen molar-refractivity contribution in [1.82, 2.24) is 0 Å². The summed E-state index contributed by atoms with van der Waals surface area (Å²) < 4.78 is 0. The van der Waals surface area contributed by atoms with E-state index in [1.807, 2.05) is 18.2 Å². The number of hydrogen-bond donors (Lipinski definition) is 2. The second kappa shape index (κ2) is 11.9. The Kier molecular flexibility index (Phi) is 9.62. The molecule has 0 aromatic heterocycles. The van der Waals surface area contributed by atoms with Crippen LogP contribution >= 0.6 is 0 Å². The summed E-state index contributed by atoms with van der Waals surface area (Å²) in [7, 11) is 0. The Morgan fingerprint density at radius 2 is 1.72 bits per heavy atom. The van der Waals surface area contributed by atoms with Crippen molar-refractivity contribution in [1.29, 1.82) is 0 Å². The molecule has 0 spiro atoms. The molecule has 4 nitrogen and oxygen atoms in total. The van der Waals surface area contributed by atoms with Crippen LogP contribution in [-0.2, 0) is 24.1 Å². The molecule has 2 rings (SSSR count). The zero-order chi connectivity index (χ0) is 21.2. The van der Waals surface area contributed by atoms with E-state index in [4.69, 9.17) is 0 Å². The zero-order valence-corrected chi connectivity index (χ0v) is 17.9. The van der Waals surface area contributed by atoms with Gasteiger partial charge in [0, 0.05) is 6.42 Å². The van der Waals surface area contributed by atoms with E-state index >= 15 is 0 Å². The highest BCUT2D eigenvalue weighted by atomic mass is 16.3. The van der Waals surface area contributed by atoms with E-state index in [1.54, 1.807) is 4.90 Å². The standard InChI is InChI=1S/C25H37NO3/c1-4-7-12-21(27)13-8-9-14-24(28)26-23-18-19(10-5-2)17-20(11-6-3)22(23)15-16-25(26)29/h5-6,17-18,21,24,27-28H,2-4,7-16H2,1H3. The van der Waals surface area contributed by atoms with E-state index in [0.29, 0.717) is 19.3 Å². The number of aliphatic hydroxyl groups is 2. The summed E-state index contributed by atoms with van der Waals surface area (Å²) in [6.45, 7) is 9.81. The van der Waals surface area contributed by atoms with Gasteiger partial charge in [-0.1, -0.05) is 44.4 Å². The molecular formula is C25H37NO3. The largest absolute Gasteiger partial charge is 0.393 e. The number of fused-ring (bicyclic) bond motifs is 1. The Morgan fingerprint density at radius 3 is 2.41 bits per heavy atom. The minimum Gasteiger partial charge on any atom is -0.393 e. The summed E-state index contributed by atoms with van der Waals surface area (Å²) in [4.78, 5) is 14.3. The van der Waals surface area contributed by atoms with Crippen LogP contribution in [0.5, 0.6) is 0 Å². The molecule has 0 radical (unpaired) electrons. The quantitative estimate of drug-likeness (QED) is 0.368. The molecule has 2 unspecified atom stereocenters. The van der Waals surface area contributed by atoms with Gasteiger partial charge in [0.1, 0.15) is 6.23 Å². The topological polar surface area (TPSA) is 60.8 Å². The van der Waals surface area contributed by atoms with Crippen molar-refractivity contribution < 1.29 is 15.0 Å². The third kappa shape index (κ3) is 6.55. The molecule has 0 fully saturated rings. The summed E-state index contributed by atoms with van der Waals surface area (Å²) in [5, 5.41) is 20.8. The number of unbranched alkanes of at least 4 members (excludes halogenated alkanes) is 2. The molecular weight excluding hydrogens is 362 g/mol. The van der Waals surface area contributed by atoms with Crippen LogP contribution in [0.4, 0.5) is 5.69 Å². The second-order valence-electron chi connectivity index (χ2n) is 8.06. The predicted octanol–water partition coefficient (Wildman–Crippen LogP) is 4.85. The van der Waals surface area contributed by atoms with Crippen molar-refractivity contribution in [3.8, 4) is 0 Å². The van der Waals surface area contributed by atoms with Gasteiger partial charge < -0.3 is 10.2 Å². The first kappa shape index (κ1) is 23.4. The Balaban J connectivity index is 2.09. The van der Waals surface area contributed by atoms with Crippen LogP contribution in [0.1, 0.15) is 75.0 Å². The number of allylic oxidation sites excluding steroid dienone is 2. The Hall–Kier alpha value is -1.91. The minimum absolute atomic E-state index is 0.0201. The third-order valence-electron chi connectivity index (χ3n) is 5.68. The van der Waals surface area contributed by atoms with Crippen LogP contribution in [0.3, 0.4) is 0 Å². The minimum atomic E-state index is -0.829. The summed E-state index contributed by atoms with van der Waals surface area (Å²) in [6, 6.07) is 4.19. The van der Waals surface area contributed by atoms with Gasteiger partial charge in [-0.3, -0.25) is 9.69 Å². The lowest BCUT2D eigenvalue weighted by molar-refractivity contribution is -0.121. The Morgan fingerprint density at radius 1 is 1.03 bits per heavy atom. The number of rotatable bonds is 13. The summed E-state index contributed by atoms with van der Waals surface area (Å²) in [5.74, 6) is -0.0201. The average Bonchev–Trinajstić information content (AvgIpc) is 2.69. The van der Waals surface area contributed by atoms with Crippen LogP contribution in [0.15, 0.2) is 37.4 Å². The molecule has 4 heteroatoms. The molecule has 160 valence electrons. The summed E-state index contributed by atoms with van der Waals surface area (Å²) in [6.07, 6.45) is 11.2. The lowest BCUT2D eigenvalue weighted by atomic mass is 9.91. The second-order valence-corrected chi connectivity index (χ2v) is 8.06. The maximum atomic E-state index is 12.7. The molecule has 1 heterocycles. The fourth-order valence-corrected chi connectivity index (χ4v) is 4.14. The van der Waals surface area contributed by atoms with Crippen molar-refractivity contribution in [3.05, 3.63) is 54.1 Å². The van der Waals surface area contributed by atoms with E-state index in [-0.39, 0.29) is 12.0 Å². The van der Waals surface area contributed by atoms with E-state index in [9.17, 15) is 15.0 Å². The molecule has 1 aliphatic heterocycles. The molecule has 1 amide bonds. The number of hydrogen-bond acceptors (Lipinski definition) is 3. The van der Waals surface area contributed by atoms with Crippen LogP contribution in [0, 0.1) is 0 Å². The van der Waals surface area contributed by atoms with Gasteiger partial charge in [-0.25, -0.2) is 0 Å². The fourth-order valence-electron chi connectivity index (χ4n) is 4.14. The number of carbonyl (C=O) groups is 1. The Labute approximate surface area is 175 Å². The van der Waals surface area contributed by atoms with E-state index < -0.39 is 6.23 Å². The maximum absolute atomic E-state index is 12.7. The van der Waals surface area contributed by atoms with E-state index in [2.05, 4.69) is 26.1 Å². The SMILES string of the molecule is C=CCc1cc(CC=C)c2c(c1)N(C(O)CCCCC(O)CCCC)C(=O)CC2. The van der Waals surface area contributed by atoms with Gasteiger partial charge in [0.25, 0.3) is 0 Å². The first-order chi connectivity index (χ1) is 14.0. The lowest BCUT2D eigenvalue weighted by Crippen LogP contribution is -2.43. The van der Waals surface area contributed by atoms with Gasteiger partial charge in [-0.15, -0.1) is 13.2 Å². The highest BCUT2D eigenvalue weighted by Crippen LogP contribution is 2.34. The number of anilines is 1. The monoisotopic (exact) mass is 399 g/mol. The molecule has 0 saturated heterocycles. The van der Waals surface area contributed by atoms with Crippen molar-refractivity contribution >= 4 is 11.6 Å². The molecule has 2 atom stereocenters. The van der Waals surface area contributed by atoms with Crippen LogP contribution in [-0.4, -0.2) is 28.5 Å². The van der Waals surface area contributed by atoms with Gasteiger partial charge in [-0.2, -0.15) is 0 Å². The fraction of sp³-hybridized carbons (Fsp3) is 0.560. The number of amides is 1. The molecule has 0 saturated carbocycles. The zero-order valence-electron chi connectivity index (χ0n) is 17.9. The smallest absolute Gasteiger partial charge is 0.229 e. The lowest BCUT2D eigenvalue weighted by Gasteiger charge is -2.35. The van der Waals surface area contributed by atoms with E-state index in [1.165, 1.54) is 5.56 Å². The van der Waals surface area contributed by atoms with Gasteiger partial charge in [-0.05, 0) is 67.7 Å². The Bertz CT molecular complexity index is 698. The highest BCUT2D eigenvalue weighted by Gasteiger charge is 2.30. The normalized spacial score (nSPS) is 15.7. The molecule has 1 aliphatic rings. The number of aliphatic hydroxyl groups excluding tert-OH is 2. The van der Waals surface area contributed by atoms with Crippen molar-refractivity contribution in [3.63, 3.8) is 0 Å². The van der Waals surface area contributed by atoms with Crippen LogP contribution in [0.2, 0.25) is 0 Å². The van der Waals surface area contributed by atoms with E-state index in [0.717, 1.165) is 68.2 Å². The average molecular weight is 400 g/mol. The van der Waals surface area contributed by atoms with Crippen LogP contribution in [0.25, 0.3) is 0 Å². The first-order valence-electron chi connectivity index (χ1n) is 11.1. The van der Waals surface area contributed by atoms with Crippen molar-refractivity contribution in [2.45, 2.75) is 89.9 Å². The molecule has 0 aliphatic carbocycles. The number of nitrogens with zero attached hydrogens (tertiary/aromatic N) is 1. The third-order valence-corrected chi connectivity index (χ3v) is 5.68. The molecule has 29 heavy (non-hydrogen) atoms. The van der Waals surface area contributed by atoms with Gasteiger partial charge in [0.15, 0.2) is 0 Å². The van der Waals surface area contributed by atoms with Gasteiger partial charge >= 0.3 is 0 Å². The summed E-state index contributed by atoms with van der Waals surface area (Å²) >= 11 is 0. The maximum Gasteiger partial charge on any atom is 0.229 e. The van der Waals surface area contributed by atoms with Gasteiger partial charge in [0.2, 0.25) is 5.91 Å². The van der Waals surface area contributed by atoms with Crippen LogP contribution < -0.4 is 4.90 Å². The summed E-state index contributed by atoms with van der Waals surface area (Å²) in [5.41, 5.74) is 4.26. The number of benzene rings is 1. The molecule has 1 aromatic rings. The molecule has 2 N–H and O–H groups in total. The highest BCUT2D eigenvalue weighted by molar-refractivity contribution is 5.97. The molecule has 1 aromatic carbocycles. The first-order valence-corrected chi connectivity index (χ1v) is 11.1. The number of carbonyl (C=O) groups excluding carboxylic acids is 1. The van der Waals surface area contributed by atoms with Crippen molar-refractivity contribution in [2.24, 2.45) is 0 Å². The van der Waals surface area contributed by atoms with Gasteiger partial charge in [0.05, 0.1) is 11.8 Å². The van der Waals surface area contributed by atoms with Crippen molar-refractivity contribution in [2.75, 3.05) is 4.90 Å². The molecule has 0 bridgehead atoms.